The van der Waals surface area contributed by atoms with Crippen molar-refractivity contribution in [2.24, 2.45) is 5.92 Å². The van der Waals surface area contributed by atoms with Crippen LogP contribution in [0.5, 0.6) is 0 Å². The fourth-order valence-electron chi connectivity index (χ4n) is 4.12. The van der Waals surface area contributed by atoms with Crippen LogP contribution in [0.1, 0.15) is 34.6 Å². The van der Waals surface area contributed by atoms with Crippen LogP contribution in [0.4, 0.5) is 0 Å². The van der Waals surface area contributed by atoms with Crippen LogP contribution in [0.15, 0.2) is 72.8 Å². The van der Waals surface area contributed by atoms with Crippen molar-refractivity contribution in [3.8, 4) is 0 Å². The molecule has 168 valence electrons. The minimum atomic E-state index is -2.59. The first kappa shape index (κ1) is 23.9. The number of hydrogen-bond donors (Lipinski definition) is 1. The highest BCUT2D eigenvalue weighted by atomic mass is 28.4. The van der Waals surface area contributed by atoms with Gasteiger partial charge in [0, 0.05) is 12.5 Å². The van der Waals surface area contributed by atoms with Gasteiger partial charge in [-0.2, -0.15) is 0 Å². The molecule has 0 saturated carbocycles. The van der Waals surface area contributed by atoms with Crippen molar-refractivity contribution >= 4 is 18.7 Å². The van der Waals surface area contributed by atoms with Gasteiger partial charge in [-0.1, -0.05) is 94.4 Å². The van der Waals surface area contributed by atoms with Gasteiger partial charge in [0.05, 0.1) is 0 Å². The van der Waals surface area contributed by atoms with E-state index in [1.54, 1.807) is 6.92 Å². The predicted octanol–water partition coefficient (Wildman–Crippen LogP) is 4.33. The first-order chi connectivity index (χ1) is 14.7. The zero-order chi connectivity index (χ0) is 22.5. The highest BCUT2D eigenvalue weighted by Gasteiger charge is 2.50. The molecule has 5 nitrogen and oxygen atoms in total. The molecular weight excluding hydrogens is 408 g/mol. The summed E-state index contributed by atoms with van der Waals surface area (Å²) in [7, 11) is -2.59. The molecule has 31 heavy (non-hydrogen) atoms. The second-order valence-electron chi connectivity index (χ2n) is 9.54. The highest BCUT2D eigenvalue weighted by molar-refractivity contribution is 6.99. The Kier molecular flexibility index (Phi) is 7.52. The smallest absolute Gasteiger partial charge is 0.261 e. The molecule has 3 atom stereocenters. The summed E-state index contributed by atoms with van der Waals surface area (Å²) in [6.07, 6.45) is 3.59. The quantitative estimate of drug-likeness (QED) is 0.285. The molecule has 0 aromatic heterocycles. The van der Waals surface area contributed by atoms with Crippen molar-refractivity contribution in [2.45, 2.75) is 51.4 Å². The Bertz CT molecular complexity index is 810. The number of hydrogen-bond acceptors (Lipinski definition) is 5. The van der Waals surface area contributed by atoms with E-state index in [1.807, 2.05) is 24.3 Å². The lowest BCUT2D eigenvalue weighted by Crippen LogP contribution is -2.67. The lowest BCUT2D eigenvalue weighted by Gasteiger charge is -2.44. The first-order valence-corrected chi connectivity index (χ1v) is 12.7. The van der Waals surface area contributed by atoms with Gasteiger partial charge in [0.2, 0.25) is 0 Å². The lowest BCUT2D eigenvalue weighted by molar-refractivity contribution is -0.397. The van der Waals surface area contributed by atoms with Crippen molar-refractivity contribution < 1.29 is 24.3 Å². The van der Waals surface area contributed by atoms with E-state index in [2.05, 4.69) is 81.1 Å². The van der Waals surface area contributed by atoms with Crippen LogP contribution in [-0.2, 0) is 19.1 Å². The summed E-state index contributed by atoms with van der Waals surface area (Å²) in [5.41, 5.74) is -0.802. The third-order valence-electron chi connectivity index (χ3n) is 5.88. The summed E-state index contributed by atoms with van der Waals surface area (Å²) < 4.78 is 6.99. The van der Waals surface area contributed by atoms with Gasteiger partial charge in [-0.25, -0.2) is 14.7 Å². The molecule has 0 spiro atoms. The Balaban J connectivity index is 1.88. The van der Waals surface area contributed by atoms with Crippen molar-refractivity contribution in [3.05, 3.63) is 72.8 Å². The third kappa shape index (κ3) is 5.17. The lowest BCUT2D eigenvalue weighted by atomic mass is 10.0. The zero-order valence-corrected chi connectivity index (χ0v) is 20.1. The molecule has 1 N–H and O–H groups in total. The average Bonchev–Trinajstić information content (AvgIpc) is 2.75. The minimum absolute atomic E-state index is 0.00314. The molecule has 2 unspecified atom stereocenters. The van der Waals surface area contributed by atoms with Crippen molar-refractivity contribution in [1.82, 2.24) is 0 Å². The molecule has 1 heterocycles. The summed E-state index contributed by atoms with van der Waals surface area (Å²) in [5.74, 6) is 0.0671. The van der Waals surface area contributed by atoms with Gasteiger partial charge in [0.1, 0.15) is 18.3 Å². The Hall–Kier alpha value is -1.80. The zero-order valence-electron chi connectivity index (χ0n) is 19.1. The van der Waals surface area contributed by atoms with Crippen LogP contribution in [0, 0.1) is 5.92 Å². The maximum absolute atomic E-state index is 8.74. The second kappa shape index (κ2) is 9.77. The second-order valence-corrected chi connectivity index (χ2v) is 13.8. The molecule has 0 radical (unpaired) electrons. The molecule has 1 aliphatic heterocycles. The first-order valence-electron chi connectivity index (χ1n) is 10.8. The van der Waals surface area contributed by atoms with Gasteiger partial charge in [-0.3, -0.25) is 5.26 Å². The van der Waals surface area contributed by atoms with Crippen molar-refractivity contribution in [3.63, 3.8) is 0 Å². The molecule has 0 saturated heterocycles. The van der Waals surface area contributed by atoms with E-state index < -0.39 is 13.9 Å². The summed E-state index contributed by atoms with van der Waals surface area (Å²) in [5, 5.41) is 11.2. The summed E-state index contributed by atoms with van der Waals surface area (Å²) in [6.45, 7) is 11.2. The van der Waals surface area contributed by atoms with Crippen molar-refractivity contribution in [2.75, 3.05) is 13.2 Å². The van der Waals surface area contributed by atoms with Crippen LogP contribution >= 0.6 is 0 Å². The topological polar surface area (TPSA) is 57.2 Å². The van der Waals surface area contributed by atoms with E-state index in [0.717, 1.165) is 0 Å². The third-order valence-corrected chi connectivity index (χ3v) is 10.9. The van der Waals surface area contributed by atoms with Gasteiger partial charge < -0.3 is 4.43 Å². The molecule has 0 amide bonds. The van der Waals surface area contributed by atoms with Gasteiger partial charge in [0.25, 0.3) is 8.32 Å². The molecule has 6 heteroatoms. The molecule has 2 aromatic carbocycles. The highest BCUT2D eigenvalue weighted by Crippen LogP contribution is 2.37. The van der Waals surface area contributed by atoms with E-state index in [4.69, 9.17) is 19.5 Å². The van der Waals surface area contributed by atoms with Gasteiger partial charge >= 0.3 is 0 Å². The Labute approximate surface area is 186 Å². The monoisotopic (exact) mass is 442 g/mol. The van der Waals surface area contributed by atoms with Crippen LogP contribution in [-0.4, -0.2) is 38.5 Å². The fourth-order valence-corrected chi connectivity index (χ4v) is 8.79. The van der Waals surface area contributed by atoms with Crippen LogP contribution < -0.4 is 10.4 Å². The van der Waals surface area contributed by atoms with Gasteiger partial charge in [-0.05, 0) is 28.4 Å². The Morgan fingerprint density at radius 3 is 2.00 bits per heavy atom. The van der Waals surface area contributed by atoms with E-state index in [1.165, 1.54) is 10.4 Å². The molecule has 0 fully saturated rings. The van der Waals surface area contributed by atoms with Crippen LogP contribution in [0.25, 0.3) is 0 Å². The molecule has 1 aliphatic rings. The van der Waals surface area contributed by atoms with Gasteiger partial charge in [0.15, 0.2) is 0 Å². The van der Waals surface area contributed by atoms with E-state index in [9.17, 15) is 0 Å². The Morgan fingerprint density at radius 2 is 1.58 bits per heavy atom. The van der Waals surface area contributed by atoms with Crippen molar-refractivity contribution in [1.29, 1.82) is 0 Å². The average molecular weight is 443 g/mol. The molecule has 3 rings (SSSR count). The minimum Gasteiger partial charge on any atom is -0.407 e. The number of rotatable bonds is 8. The maximum atomic E-state index is 8.74. The molecular formula is C25H34O5Si. The summed E-state index contributed by atoms with van der Waals surface area (Å²) in [4.78, 5) is 15.4. The van der Waals surface area contributed by atoms with Gasteiger partial charge in [-0.15, -0.1) is 0 Å². The number of benzene rings is 2. The predicted molar refractivity (Wildman–Crippen MR) is 125 cm³/mol. The molecule has 2 aromatic rings. The van der Waals surface area contributed by atoms with Crippen LogP contribution in [0.3, 0.4) is 0 Å². The van der Waals surface area contributed by atoms with E-state index >= 15 is 0 Å². The Morgan fingerprint density at radius 1 is 1.03 bits per heavy atom. The van der Waals surface area contributed by atoms with E-state index in [0.29, 0.717) is 6.61 Å². The van der Waals surface area contributed by atoms with Crippen LogP contribution in [0.2, 0.25) is 5.04 Å². The molecule has 0 aliphatic carbocycles. The molecule has 0 bridgehead atoms. The maximum Gasteiger partial charge on any atom is 0.261 e. The summed E-state index contributed by atoms with van der Waals surface area (Å²) >= 11 is 0. The van der Waals surface area contributed by atoms with E-state index in [-0.39, 0.29) is 23.7 Å². The standard InChI is InChI=1S/C25H34O5Si/c1-20(23-16-17-25(5,19-27-26)30-29-23)18-28-31(24(2,3)4,21-12-8-6-9-13-21)22-14-10-7-11-15-22/h6-17,20,23,26H,18-19H2,1-5H3/t20-,23?,25?/m1/s1. The normalized spacial score (nSPS) is 23.0. The summed E-state index contributed by atoms with van der Waals surface area (Å²) in [6, 6.07) is 21.2. The SMILES string of the molecule is C[C@H](CO[Si](c1ccccc1)(c1ccccc1)C(C)(C)C)C1C=CC(C)(COO)OO1. The fraction of sp³-hybridized carbons (Fsp3) is 0.440. The largest absolute Gasteiger partial charge is 0.407 e.